The first-order chi connectivity index (χ1) is 13.0. The Hall–Kier alpha value is -2.25. The van der Waals surface area contributed by atoms with Gasteiger partial charge in [0.15, 0.2) is 5.13 Å². The van der Waals surface area contributed by atoms with Crippen molar-refractivity contribution >= 4 is 28.1 Å². The van der Waals surface area contributed by atoms with E-state index < -0.39 is 0 Å². The normalized spacial score (nSPS) is 15.3. The number of nitrogens with one attached hydrogen (secondary N) is 1. The minimum Gasteiger partial charge on any atom is -0.378 e. The van der Waals surface area contributed by atoms with Crippen molar-refractivity contribution in [3.63, 3.8) is 0 Å². The van der Waals surface area contributed by atoms with Gasteiger partial charge in [0.1, 0.15) is 0 Å². The molecule has 1 amide bonds. The number of benzene rings is 1. The predicted molar refractivity (Wildman–Crippen MR) is 110 cm³/mol. The van der Waals surface area contributed by atoms with Crippen molar-refractivity contribution in [1.29, 1.82) is 0 Å². The number of hydrazone groups is 1. The molecular formula is C20H26N4O2S. The largest absolute Gasteiger partial charge is 0.378 e. The number of anilines is 1. The van der Waals surface area contributed by atoms with Gasteiger partial charge in [-0.2, -0.15) is 5.10 Å². The molecular weight excluding hydrogens is 360 g/mol. The summed E-state index contributed by atoms with van der Waals surface area (Å²) in [6.45, 7) is 9.36. The molecule has 1 aromatic carbocycles. The second kappa shape index (κ2) is 9.10. The van der Waals surface area contributed by atoms with Crippen LogP contribution < -0.4 is 10.3 Å². The van der Waals surface area contributed by atoms with Crippen molar-refractivity contribution in [2.45, 2.75) is 33.1 Å². The number of hydrogen-bond acceptors (Lipinski definition) is 6. The van der Waals surface area contributed by atoms with E-state index in [2.05, 4.69) is 46.4 Å². The smallest absolute Gasteiger partial charge is 0.246 e. The number of aromatic nitrogens is 1. The van der Waals surface area contributed by atoms with Gasteiger partial charge in [-0.3, -0.25) is 4.79 Å². The average molecular weight is 387 g/mol. The molecule has 1 N–H and O–H groups in total. The Kier molecular flexibility index (Phi) is 6.58. The van der Waals surface area contributed by atoms with Crippen molar-refractivity contribution in [2.75, 3.05) is 31.2 Å². The first-order valence-corrected chi connectivity index (χ1v) is 10.1. The van der Waals surface area contributed by atoms with Gasteiger partial charge in [0.05, 0.1) is 31.0 Å². The SMILES string of the molecule is C/C(=N/NC(=O)Cc1csc(N2CCOCC2)n1)c1ccc(C(C)C)cc1. The first kappa shape index (κ1) is 19.5. The number of ether oxygens (including phenoxy) is 1. The molecule has 0 aliphatic carbocycles. The molecule has 7 heteroatoms. The van der Waals surface area contributed by atoms with Crippen molar-refractivity contribution in [3.05, 3.63) is 46.5 Å². The molecule has 0 unspecified atom stereocenters. The van der Waals surface area contributed by atoms with E-state index in [1.165, 1.54) is 5.56 Å². The van der Waals surface area contributed by atoms with Crippen LogP contribution in [0.3, 0.4) is 0 Å². The zero-order valence-corrected chi connectivity index (χ0v) is 16.9. The molecule has 1 aliphatic rings. The van der Waals surface area contributed by atoms with Gasteiger partial charge in [0, 0.05) is 18.5 Å². The summed E-state index contributed by atoms with van der Waals surface area (Å²) in [5, 5.41) is 7.11. The number of rotatable bonds is 6. The maximum atomic E-state index is 12.2. The van der Waals surface area contributed by atoms with E-state index in [1.54, 1.807) is 11.3 Å². The Balaban J connectivity index is 1.54. The molecule has 1 fully saturated rings. The second-order valence-corrected chi connectivity index (χ2v) is 7.74. The van der Waals surface area contributed by atoms with Gasteiger partial charge in [0.25, 0.3) is 0 Å². The van der Waals surface area contributed by atoms with E-state index >= 15 is 0 Å². The maximum absolute atomic E-state index is 12.2. The molecule has 2 heterocycles. The van der Waals surface area contributed by atoms with Crippen LogP contribution in [0.4, 0.5) is 5.13 Å². The average Bonchev–Trinajstić information content (AvgIpc) is 3.15. The fourth-order valence-corrected chi connectivity index (χ4v) is 3.68. The van der Waals surface area contributed by atoms with Crippen LogP contribution in [0.25, 0.3) is 0 Å². The fraction of sp³-hybridized carbons (Fsp3) is 0.450. The summed E-state index contributed by atoms with van der Waals surface area (Å²) in [5.41, 5.74) is 6.48. The van der Waals surface area contributed by atoms with Crippen LogP contribution in [0.1, 0.15) is 43.5 Å². The number of carbonyl (C=O) groups excluding carboxylic acids is 1. The summed E-state index contributed by atoms with van der Waals surface area (Å²) in [6.07, 6.45) is 0.226. The molecule has 0 atom stereocenters. The molecule has 1 aliphatic heterocycles. The number of thiazole rings is 1. The van der Waals surface area contributed by atoms with Crippen LogP contribution in [0.15, 0.2) is 34.7 Å². The Morgan fingerprint density at radius 1 is 1.30 bits per heavy atom. The lowest BCUT2D eigenvalue weighted by atomic mass is 10.0. The van der Waals surface area contributed by atoms with Gasteiger partial charge in [-0.15, -0.1) is 11.3 Å². The Morgan fingerprint density at radius 3 is 2.67 bits per heavy atom. The summed E-state index contributed by atoms with van der Waals surface area (Å²) in [5.74, 6) is 0.337. The zero-order valence-electron chi connectivity index (χ0n) is 16.1. The topological polar surface area (TPSA) is 66.8 Å². The molecule has 2 aromatic rings. The third-order valence-electron chi connectivity index (χ3n) is 4.51. The third-order valence-corrected chi connectivity index (χ3v) is 5.46. The Labute approximate surface area is 164 Å². The fourth-order valence-electron chi connectivity index (χ4n) is 2.80. The summed E-state index contributed by atoms with van der Waals surface area (Å²) in [7, 11) is 0. The summed E-state index contributed by atoms with van der Waals surface area (Å²) in [4.78, 5) is 18.9. The molecule has 144 valence electrons. The highest BCUT2D eigenvalue weighted by Crippen LogP contribution is 2.21. The number of hydrogen-bond donors (Lipinski definition) is 1. The van der Waals surface area contributed by atoms with Gasteiger partial charge in [0.2, 0.25) is 5.91 Å². The van der Waals surface area contributed by atoms with Crippen LogP contribution in [0.5, 0.6) is 0 Å². The minimum absolute atomic E-state index is 0.160. The van der Waals surface area contributed by atoms with Gasteiger partial charge >= 0.3 is 0 Å². The van der Waals surface area contributed by atoms with Gasteiger partial charge < -0.3 is 9.64 Å². The highest BCUT2D eigenvalue weighted by Gasteiger charge is 2.15. The molecule has 0 bridgehead atoms. The van der Waals surface area contributed by atoms with Crippen LogP contribution in [0.2, 0.25) is 0 Å². The van der Waals surface area contributed by atoms with Crippen LogP contribution in [-0.2, 0) is 16.0 Å². The highest BCUT2D eigenvalue weighted by molar-refractivity contribution is 7.13. The van der Waals surface area contributed by atoms with Crippen LogP contribution in [0, 0.1) is 0 Å². The monoisotopic (exact) mass is 386 g/mol. The first-order valence-electron chi connectivity index (χ1n) is 9.23. The van der Waals surface area contributed by atoms with Crippen LogP contribution in [-0.4, -0.2) is 42.9 Å². The molecule has 0 radical (unpaired) electrons. The Bertz CT molecular complexity index is 793. The molecule has 0 spiro atoms. The lowest BCUT2D eigenvalue weighted by Crippen LogP contribution is -2.36. The lowest BCUT2D eigenvalue weighted by molar-refractivity contribution is -0.120. The van der Waals surface area contributed by atoms with Crippen LogP contribution >= 0.6 is 11.3 Å². The van der Waals surface area contributed by atoms with E-state index in [9.17, 15) is 4.79 Å². The standard InChI is InChI=1S/C20H26N4O2S/c1-14(2)16-4-6-17(7-5-16)15(3)22-23-19(25)12-18-13-27-20(21-18)24-8-10-26-11-9-24/h4-7,13-14H,8-12H2,1-3H3,(H,23,25)/b22-15-. The Morgan fingerprint density at radius 2 is 2.00 bits per heavy atom. The molecule has 1 saturated heterocycles. The van der Waals surface area contributed by atoms with Crippen molar-refractivity contribution in [3.8, 4) is 0 Å². The van der Waals surface area contributed by atoms with Crippen molar-refractivity contribution < 1.29 is 9.53 Å². The summed E-state index contributed by atoms with van der Waals surface area (Å²) < 4.78 is 5.36. The van der Waals surface area contributed by atoms with Gasteiger partial charge in [-0.25, -0.2) is 10.4 Å². The summed E-state index contributed by atoms with van der Waals surface area (Å²) >= 11 is 1.57. The maximum Gasteiger partial charge on any atom is 0.246 e. The second-order valence-electron chi connectivity index (χ2n) is 6.91. The number of carbonyl (C=O) groups is 1. The van der Waals surface area contributed by atoms with E-state index in [1.807, 2.05) is 24.4 Å². The van der Waals surface area contributed by atoms with Gasteiger partial charge in [-0.1, -0.05) is 38.1 Å². The van der Waals surface area contributed by atoms with E-state index in [0.29, 0.717) is 5.92 Å². The third kappa shape index (κ3) is 5.37. The summed E-state index contributed by atoms with van der Waals surface area (Å²) in [6, 6.07) is 8.28. The predicted octanol–water partition coefficient (Wildman–Crippen LogP) is 3.19. The van der Waals surface area contributed by atoms with E-state index in [-0.39, 0.29) is 12.3 Å². The van der Waals surface area contributed by atoms with Crippen molar-refractivity contribution in [2.24, 2.45) is 5.10 Å². The number of morpholine rings is 1. The number of nitrogens with zero attached hydrogens (tertiary/aromatic N) is 3. The minimum atomic E-state index is -0.160. The molecule has 1 aromatic heterocycles. The zero-order chi connectivity index (χ0) is 19.2. The quantitative estimate of drug-likeness (QED) is 0.612. The highest BCUT2D eigenvalue weighted by atomic mass is 32.1. The van der Waals surface area contributed by atoms with Gasteiger partial charge in [-0.05, 0) is 24.0 Å². The van der Waals surface area contributed by atoms with Crippen molar-refractivity contribution in [1.82, 2.24) is 10.4 Å². The molecule has 27 heavy (non-hydrogen) atoms. The van der Waals surface area contributed by atoms with E-state index in [4.69, 9.17) is 4.74 Å². The molecule has 6 nitrogen and oxygen atoms in total. The lowest BCUT2D eigenvalue weighted by Gasteiger charge is -2.26. The van der Waals surface area contributed by atoms with E-state index in [0.717, 1.165) is 48.4 Å². The molecule has 0 saturated carbocycles. The number of amides is 1. The molecule has 3 rings (SSSR count).